The van der Waals surface area contributed by atoms with Crippen LogP contribution in [0, 0.1) is 0 Å². The molecule has 0 aromatic carbocycles. The molecule has 1 aliphatic rings. The third-order valence-electron chi connectivity index (χ3n) is 2.99. The average molecular weight is 260 g/mol. The zero-order valence-corrected chi connectivity index (χ0v) is 11.4. The molecule has 0 unspecified atom stereocenters. The lowest BCUT2D eigenvalue weighted by atomic mass is 9.94. The molecule has 1 rings (SSSR count). The molecule has 0 heterocycles. The summed E-state index contributed by atoms with van der Waals surface area (Å²) in [5, 5.41) is 2.87. The van der Waals surface area contributed by atoms with Crippen LogP contribution in [0.4, 0.5) is 0 Å². The van der Waals surface area contributed by atoms with Crippen LogP contribution >= 0.6 is 11.8 Å². The van der Waals surface area contributed by atoms with Crippen molar-refractivity contribution >= 4 is 17.7 Å². The number of ether oxygens (including phenoxy) is 1. The van der Waals surface area contributed by atoms with Crippen LogP contribution in [0.15, 0.2) is 0 Å². The van der Waals surface area contributed by atoms with E-state index in [4.69, 9.17) is 10.5 Å². The molecule has 1 aliphatic carbocycles. The summed E-state index contributed by atoms with van der Waals surface area (Å²) in [4.78, 5) is 11.2. The van der Waals surface area contributed by atoms with Crippen molar-refractivity contribution in [1.82, 2.24) is 5.32 Å². The van der Waals surface area contributed by atoms with Gasteiger partial charge >= 0.3 is 0 Å². The van der Waals surface area contributed by atoms with E-state index in [9.17, 15) is 4.79 Å². The largest absolute Gasteiger partial charge is 0.378 e. The Morgan fingerprint density at radius 2 is 2.12 bits per heavy atom. The minimum absolute atomic E-state index is 0.112. The predicted octanol–water partition coefficient (Wildman–Crippen LogP) is 1.14. The van der Waals surface area contributed by atoms with Gasteiger partial charge in [-0.25, -0.2) is 0 Å². The van der Waals surface area contributed by atoms with Gasteiger partial charge in [0, 0.05) is 19.2 Å². The summed E-state index contributed by atoms with van der Waals surface area (Å²) in [6, 6.07) is 0.376. The Morgan fingerprint density at radius 3 is 2.76 bits per heavy atom. The normalized spacial score (nSPS) is 24.6. The first-order valence-electron chi connectivity index (χ1n) is 6.35. The number of hydrogen-bond donors (Lipinski definition) is 2. The Kier molecular flexibility index (Phi) is 7.64. The number of nitrogens with one attached hydrogen (secondary N) is 1. The Hall–Kier alpha value is -0.260. The Morgan fingerprint density at radius 1 is 1.41 bits per heavy atom. The van der Waals surface area contributed by atoms with Crippen molar-refractivity contribution in [3.8, 4) is 0 Å². The fourth-order valence-corrected chi connectivity index (χ4v) is 2.35. The highest BCUT2D eigenvalue weighted by Gasteiger charge is 2.18. The number of amides is 1. The van der Waals surface area contributed by atoms with Crippen LogP contribution in [0.25, 0.3) is 0 Å². The van der Waals surface area contributed by atoms with Crippen molar-refractivity contribution in [2.45, 2.75) is 44.2 Å². The molecule has 0 saturated heterocycles. The number of rotatable bonds is 7. The maximum absolute atomic E-state index is 11.2. The topological polar surface area (TPSA) is 64.3 Å². The summed E-state index contributed by atoms with van der Waals surface area (Å²) < 4.78 is 5.76. The SMILES string of the molecule is CSCC(=O)NCCCOC1CCC(N)CC1. The Labute approximate surface area is 108 Å². The highest BCUT2D eigenvalue weighted by molar-refractivity contribution is 7.99. The highest BCUT2D eigenvalue weighted by Crippen LogP contribution is 2.19. The van der Waals surface area contributed by atoms with E-state index in [1.807, 2.05) is 6.26 Å². The molecule has 3 N–H and O–H groups in total. The maximum Gasteiger partial charge on any atom is 0.229 e. The second-order valence-electron chi connectivity index (χ2n) is 4.54. The summed E-state index contributed by atoms with van der Waals surface area (Å²) in [6.45, 7) is 1.45. The zero-order valence-electron chi connectivity index (χ0n) is 10.6. The van der Waals surface area contributed by atoms with E-state index in [2.05, 4.69) is 5.32 Å². The van der Waals surface area contributed by atoms with Gasteiger partial charge in [-0.3, -0.25) is 4.79 Å². The van der Waals surface area contributed by atoms with Crippen molar-refractivity contribution < 1.29 is 9.53 Å². The molecule has 1 amide bonds. The predicted molar refractivity (Wildman–Crippen MR) is 72.2 cm³/mol. The van der Waals surface area contributed by atoms with Gasteiger partial charge in [-0.15, -0.1) is 0 Å². The summed E-state index contributed by atoms with van der Waals surface area (Å²) in [5.74, 6) is 0.655. The van der Waals surface area contributed by atoms with E-state index in [1.165, 1.54) is 0 Å². The summed E-state index contributed by atoms with van der Waals surface area (Å²) in [7, 11) is 0. The molecule has 1 fully saturated rings. The van der Waals surface area contributed by atoms with Gasteiger partial charge in [0.05, 0.1) is 11.9 Å². The maximum atomic E-state index is 11.2. The molecule has 0 bridgehead atoms. The van der Waals surface area contributed by atoms with Gasteiger partial charge in [-0.05, 0) is 38.4 Å². The van der Waals surface area contributed by atoms with E-state index >= 15 is 0 Å². The standard InChI is InChI=1S/C12H24N2O2S/c1-17-9-12(15)14-7-2-8-16-11-5-3-10(13)4-6-11/h10-11H,2-9,13H2,1H3,(H,14,15). The van der Waals surface area contributed by atoms with Crippen molar-refractivity contribution in [3.05, 3.63) is 0 Å². The lowest BCUT2D eigenvalue weighted by molar-refractivity contribution is -0.118. The fraction of sp³-hybridized carbons (Fsp3) is 0.917. The fourth-order valence-electron chi connectivity index (χ4n) is 1.99. The third kappa shape index (κ3) is 6.91. The second-order valence-corrected chi connectivity index (χ2v) is 5.41. The summed E-state index contributed by atoms with van der Waals surface area (Å²) in [6.07, 6.45) is 7.53. The van der Waals surface area contributed by atoms with Gasteiger partial charge in [0.15, 0.2) is 0 Å². The van der Waals surface area contributed by atoms with Crippen LogP contribution in [0.2, 0.25) is 0 Å². The molecular weight excluding hydrogens is 236 g/mol. The smallest absolute Gasteiger partial charge is 0.229 e. The molecule has 0 aliphatic heterocycles. The monoisotopic (exact) mass is 260 g/mol. The van der Waals surface area contributed by atoms with Gasteiger partial charge in [0.25, 0.3) is 0 Å². The number of nitrogens with two attached hydrogens (primary N) is 1. The van der Waals surface area contributed by atoms with E-state index in [0.29, 0.717) is 24.4 Å². The van der Waals surface area contributed by atoms with Gasteiger partial charge in [-0.1, -0.05) is 0 Å². The van der Waals surface area contributed by atoms with Gasteiger partial charge in [0.2, 0.25) is 5.91 Å². The molecule has 0 spiro atoms. The molecule has 0 radical (unpaired) electrons. The van der Waals surface area contributed by atoms with Gasteiger partial charge < -0.3 is 15.8 Å². The lowest BCUT2D eigenvalue weighted by Crippen LogP contribution is -2.31. The van der Waals surface area contributed by atoms with Crippen molar-refractivity contribution in [3.63, 3.8) is 0 Å². The molecule has 5 heteroatoms. The third-order valence-corrected chi connectivity index (χ3v) is 3.54. The average Bonchev–Trinajstić information content (AvgIpc) is 2.31. The number of thioether (sulfide) groups is 1. The molecule has 0 aromatic heterocycles. The van der Waals surface area contributed by atoms with E-state index < -0.39 is 0 Å². The first kappa shape index (κ1) is 14.8. The Balaban J connectivity index is 1.92. The molecule has 17 heavy (non-hydrogen) atoms. The van der Waals surface area contributed by atoms with Crippen LogP contribution in [0.5, 0.6) is 0 Å². The van der Waals surface area contributed by atoms with E-state index in [0.717, 1.165) is 38.7 Å². The van der Waals surface area contributed by atoms with Gasteiger partial charge in [-0.2, -0.15) is 11.8 Å². The van der Waals surface area contributed by atoms with E-state index in [-0.39, 0.29) is 5.91 Å². The number of carbonyl (C=O) groups is 1. The summed E-state index contributed by atoms with van der Waals surface area (Å²) >= 11 is 1.54. The lowest BCUT2D eigenvalue weighted by Gasteiger charge is -2.26. The quantitative estimate of drug-likeness (QED) is 0.674. The minimum atomic E-state index is 0.112. The number of carbonyl (C=O) groups excluding carboxylic acids is 1. The van der Waals surface area contributed by atoms with Crippen molar-refractivity contribution in [2.24, 2.45) is 5.73 Å². The highest BCUT2D eigenvalue weighted by atomic mass is 32.2. The zero-order chi connectivity index (χ0) is 12.5. The van der Waals surface area contributed by atoms with Crippen LogP contribution in [-0.4, -0.2) is 43.2 Å². The molecule has 0 atom stereocenters. The first-order valence-corrected chi connectivity index (χ1v) is 7.74. The molecular formula is C12H24N2O2S. The molecule has 4 nitrogen and oxygen atoms in total. The van der Waals surface area contributed by atoms with Crippen molar-refractivity contribution in [1.29, 1.82) is 0 Å². The molecule has 1 saturated carbocycles. The van der Waals surface area contributed by atoms with Crippen molar-refractivity contribution in [2.75, 3.05) is 25.2 Å². The van der Waals surface area contributed by atoms with Crippen LogP contribution in [0.3, 0.4) is 0 Å². The van der Waals surface area contributed by atoms with E-state index in [1.54, 1.807) is 11.8 Å². The first-order chi connectivity index (χ1) is 8.22. The second kappa shape index (κ2) is 8.78. The van der Waals surface area contributed by atoms with Crippen LogP contribution in [-0.2, 0) is 9.53 Å². The minimum Gasteiger partial charge on any atom is -0.378 e. The summed E-state index contributed by atoms with van der Waals surface area (Å²) in [5.41, 5.74) is 5.83. The molecule has 100 valence electrons. The van der Waals surface area contributed by atoms with Gasteiger partial charge in [0.1, 0.15) is 0 Å². The number of hydrogen-bond acceptors (Lipinski definition) is 4. The Bertz CT molecular complexity index is 219. The molecule has 0 aromatic rings. The van der Waals surface area contributed by atoms with Crippen LogP contribution < -0.4 is 11.1 Å². The van der Waals surface area contributed by atoms with Crippen LogP contribution in [0.1, 0.15) is 32.1 Å².